The van der Waals surface area contributed by atoms with Crippen molar-refractivity contribution in [1.29, 1.82) is 0 Å². The number of amides is 1. The molecule has 1 saturated heterocycles. The van der Waals surface area contributed by atoms with Crippen LogP contribution in [-0.4, -0.2) is 73.2 Å². The summed E-state index contributed by atoms with van der Waals surface area (Å²) in [6.07, 6.45) is 0. The summed E-state index contributed by atoms with van der Waals surface area (Å²) >= 11 is 0. The van der Waals surface area contributed by atoms with Crippen molar-refractivity contribution in [3.8, 4) is 0 Å². The third-order valence-corrected chi connectivity index (χ3v) is 3.97. The Hall–Kier alpha value is -0.650. The molecule has 1 unspecified atom stereocenters. The number of carbonyl (C=O) groups is 1. The number of rotatable bonds is 6. The molecule has 23 heavy (non-hydrogen) atoms. The predicted octanol–water partition coefficient (Wildman–Crippen LogP) is 1.97. The molecular weight excluding hydrogens is 290 g/mol. The van der Waals surface area contributed by atoms with E-state index in [9.17, 15) is 4.79 Å². The zero-order valence-corrected chi connectivity index (χ0v) is 16.2. The number of nitrogens with one attached hydrogen (secondary N) is 1. The van der Waals surface area contributed by atoms with Gasteiger partial charge in [-0.05, 0) is 33.1 Å². The van der Waals surface area contributed by atoms with Crippen LogP contribution in [0.25, 0.3) is 0 Å². The van der Waals surface area contributed by atoms with Crippen LogP contribution in [-0.2, 0) is 9.53 Å². The van der Waals surface area contributed by atoms with Gasteiger partial charge < -0.3 is 10.1 Å². The van der Waals surface area contributed by atoms with E-state index in [1.165, 1.54) is 0 Å². The highest BCUT2D eigenvalue weighted by atomic mass is 16.5. The lowest BCUT2D eigenvalue weighted by molar-refractivity contribution is -0.123. The van der Waals surface area contributed by atoms with Crippen LogP contribution in [0.15, 0.2) is 0 Å². The molecule has 0 bridgehead atoms. The molecule has 1 aliphatic heterocycles. The van der Waals surface area contributed by atoms with Gasteiger partial charge >= 0.3 is 0 Å². The Morgan fingerprint density at radius 2 is 1.65 bits per heavy atom. The van der Waals surface area contributed by atoms with Gasteiger partial charge in [0.1, 0.15) is 0 Å². The Balaban J connectivity index is 2.26. The zero-order chi connectivity index (χ0) is 17.7. The van der Waals surface area contributed by atoms with Gasteiger partial charge in [0.05, 0.1) is 18.8 Å². The lowest BCUT2D eigenvalue weighted by Gasteiger charge is -2.38. The smallest absolute Gasteiger partial charge is 0.234 e. The van der Waals surface area contributed by atoms with Crippen LogP contribution in [0.2, 0.25) is 0 Å². The van der Waals surface area contributed by atoms with E-state index in [0.29, 0.717) is 12.6 Å². The van der Waals surface area contributed by atoms with Crippen molar-refractivity contribution < 1.29 is 9.53 Å². The molecule has 1 N–H and O–H groups in total. The minimum absolute atomic E-state index is 0.0821. The zero-order valence-electron chi connectivity index (χ0n) is 16.2. The fourth-order valence-corrected chi connectivity index (χ4v) is 2.46. The molecule has 0 aromatic heterocycles. The second kappa shape index (κ2) is 8.45. The lowest BCUT2D eigenvalue weighted by atomic mass is 9.97. The van der Waals surface area contributed by atoms with Gasteiger partial charge in [-0.1, -0.05) is 20.8 Å². The SMILES string of the molecule is CC(COC(C)(C)C)N1CCN(CC(=O)NCC(C)(C)C)CC1. The van der Waals surface area contributed by atoms with Crippen molar-refractivity contribution in [2.75, 3.05) is 45.9 Å². The van der Waals surface area contributed by atoms with Crippen molar-refractivity contribution in [3.05, 3.63) is 0 Å². The highest BCUT2D eigenvalue weighted by Crippen LogP contribution is 2.12. The largest absolute Gasteiger partial charge is 0.374 e. The Morgan fingerprint density at radius 1 is 1.09 bits per heavy atom. The molecule has 0 aromatic carbocycles. The van der Waals surface area contributed by atoms with Gasteiger partial charge in [-0.3, -0.25) is 14.6 Å². The molecule has 0 radical (unpaired) electrons. The molecule has 0 spiro atoms. The molecule has 1 atom stereocenters. The summed E-state index contributed by atoms with van der Waals surface area (Å²) in [4.78, 5) is 16.7. The van der Waals surface area contributed by atoms with E-state index in [2.05, 4.69) is 63.6 Å². The van der Waals surface area contributed by atoms with Crippen LogP contribution in [0, 0.1) is 5.41 Å². The van der Waals surface area contributed by atoms with Crippen LogP contribution in [0.1, 0.15) is 48.5 Å². The first kappa shape index (κ1) is 20.4. The normalized spacial score (nSPS) is 19.6. The van der Waals surface area contributed by atoms with Crippen LogP contribution < -0.4 is 5.32 Å². The van der Waals surface area contributed by atoms with Crippen LogP contribution in [0.5, 0.6) is 0 Å². The number of hydrogen-bond acceptors (Lipinski definition) is 4. The molecule has 5 nitrogen and oxygen atoms in total. The average Bonchev–Trinajstić information content (AvgIpc) is 2.42. The van der Waals surface area contributed by atoms with Crippen LogP contribution >= 0.6 is 0 Å². The third-order valence-electron chi connectivity index (χ3n) is 3.97. The number of piperazine rings is 1. The summed E-state index contributed by atoms with van der Waals surface area (Å²) in [6.45, 7) is 20.8. The summed E-state index contributed by atoms with van der Waals surface area (Å²) in [5, 5.41) is 3.03. The summed E-state index contributed by atoms with van der Waals surface area (Å²) < 4.78 is 5.88. The van der Waals surface area contributed by atoms with Gasteiger partial charge in [0.15, 0.2) is 0 Å². The molecule has 0 aromatic rings. The Kier molecular flexibility index (Phi) is 7.49. The first-order chi connectivity index (χ1) is 10.5. The first-order valence-electron chi connectivity index (χ1n) is 8.83. The maximum atomic E-state index is 12.0. The third kappa shape index (κ3) is 9.28. The minimum atomic E-state index is -0.0821. The topological polar surface area (TPSA) is 44.8 Å². The van der Waals surface area contributed by atoms with Gasteiger partial charge in [-0.2, -0.15) is 0 Å². The van der Waals surface area contributed by atoms with E-state index in [1.54, 1.807) is 0 Å². The van der Waals surface area contributed by atoms with Crippen molar-refractivity contribution in [2.24, 2.45) is 5.41 Å². The average molecular weight is 328 g/mol. The second-order valence-electron chi connectivity index (χ2n) is 8.92. The second-order valence-corrected chi connectivity index (χ2v) is 8.92. The fraction of sp³-hybridized carbons (Fsp3) is 0.944. The van der Waals surface area contributed by atoms with E-state index in [4.69, 9.17) is 4.74 Å². The van der Waals surface area contributed by atoms with Gasteiger partial charge in [0, 0.05) is 38.8 Å². The van der Waals surface area contributed by atoms with Crippen LogP contribution in [0.4, 0.5) is 0 Å². The van der Waals surface area contributed by atoms with Crippen molar-refractivity contribution >= 4 is 5.91 Å². The standard InChI is InChI=1S/C18H37N3O2/c1-15(13-23-18(5,6)7)21-10-8-20(9-11-21)12-16(22)19-14-17(2,3)4/h15H,8-14H2,1-7H3,(H,19,22). The quantitative estimate of drug-likeness (QED) is 0.810. The summed E-state index contributed by atoms with van der Waals surface area (Å²) in [6, 6.07) is 0.422. The van der Waals surface area contributed by atoms with Gasteiger partial charge in [-0.15, -0.1) is 0 Å². The molecule has 0 saturated carbocycles. The number of hydrogen-bond donors (Lipinski definition) is 1. The summed E-state index contributed by atoms with van der Waals surface area (Å²) in [5.74, 6) is 0.137. The van der Waals surface area contributed by atoms with E-state index in [1.807, 2.05) is 0 Å². The van der Waals surface area contributed by atoms with E-state index in [0.717, 1.165) is 39.3 Å². The lowest BCUT2D eigenvalue weighted by Crippen LogP contribution is -2.53. The first-order valence-corrected chi connectivity index (χ1v) is 8.83. The Bertz CT molecular complexity index is 363. The van der Waals surface area contributed by atoms with E-state index >= 15 is 0 Å². The maximum Gasteiger partial charge on any atom is 0.234 e. The highest BCUT2D eigenvalue weighted by molar-refractivity contribution is 5.78. The van der Waals surface area contributed by atoms with Crippen molar-refractivity contribution in [3.63, 3.8) is 0 Å². The summed E-state index contributed by atoms with van der Waals surface area (Å²) in [7, 11) is 0. The summed E-state index contributed by atoms with van der Waals surface area (Å²) in [5.41, 5.74) is 0.0536. The highest BCUT2D eigenvalue weighted by Gasteiger charge is 2.24. The molecule has 1 rings (SSSR count). The number of carbonyl (C=O) groups excluding carboxylic acids is 1. The predicted molar refractivity (Wildman–Crippen MR) is 95.6 cm³/mol. The number of nitrogens with zero attached hydrogens (tertiary/aromatic N) is 2. The molecule has 1 fully saturated rings. The molecular formula is C18H37N3O2. The molecule has 136 valence electrons. The monoisotopic (exact) mass is 327 g/mol. The van der Waals surface area contributed by atoms with Crippen LogP contribution in [0.3, 0.4) is 0 Å². The Labute approximate surface area is 142 Å². The molecule has 1 aliphatic rings. The number of ether oxygens (including phenoxy) is 1. The maximum absolute atomic E-state index is 12.0. The van der Waals surface area contributed by atoms with Gasteiger partial charge in [0.25, 0.3) is 0 Å². The molecule has 0 aliphatic carbocycles. The minimum Gasteiger partial charge on any atom is -0.374 e. The van der Waals surface area contributed by atoms with Crippen molar-refractivity contribution in [2.45, 2.75) is 60.1 Å². The van der Waals surface area contributed by atoms with E-state index in [-0.39, 0.29) is 16.9 Å². The molecule has 5 heteroatoms. The van der Waals surface area contributed by atoms with E-state index < -0.39 is 0 Å². The fourth-order valence-electron chi connectivity index (χ4n) is 2.46. The molecule has 1 heterocycles. The molecule has 1 amide bonds. The van der Waals surface area contributed by atoms with Gasteiger partial charge in [0.2, 0.25) is 5.91 Å². The van der Waals surface area contributed by atoms with Gasteiger partial charge in [-0.25, -0.2) is 0 Å². The Morgan fingerprint density at radius 3 is 2.13 bits per heavy atom. The van der Waals surface area contributed by atoms with Crippen molar-refractivity contribution in [1.82, 2.24) is 15.1 Å².